The smallest absolute Gasteiger partial charge is 0.243 e. The number of aryl methyl sites for hydroxylation is 1. The fourth-order valence-electron chi connectivity index (χ4n) is 0.724. The standard InChI is InChI=1S/C8H10N2O2/c1-3-8(11)9-4-7-6(2)5-12-10-7/h3,5H,1,4H2,2H3,(H,9,11). The molecule has 12 heavy (non-hydrogen) atoms. The summed E-state index contributed by atoms with van der Waals surface area (Å²) in [7, 11) is 0. The van der Waals surface area contributed by atoms with E-state index in [9.17, 15) is 4.79 Å². The lowest BCUT2D eigenvalue weighted by Gasteiger charge is -1.97. The van der Waals surface area contributed by atoms with Crippen molar-refractivity contribution in [2.75, 3.05) is 0 Å². The number of nitrogens with one attached hydrogen (secondary N) is 1. The van der Waals surface area contributed by atoms with Gasteiger partial charge < -0.3 is 9.84 Å². The van der Waals surface area contributed by atoms with Crippen molar-refractivity contribution in [3.8, 4) is 0 Å². The molecule has 0 saturated heterocycles. The van der Waals surface area contributed by atoms with Gasteiger partial charge in [0.15, 0.2) is 0 Å². The van der Waals surface area contributed by atoms with Gasteiger partial charge in [-0.05, 0) is 13.0 Å². The predicted octanol–water partition coefficient (Wildman–Crippen LogP) is 0.785. The van der Waals surface area contributed by atoms with E-state index in [-0.39, 0.29) is 5.91 Å². The third-order valence-electron chi connectivity index (χ3n) is 1.46. The van der Waals surface area contributed by atoms with Gasteiger partial charge in [-0.25, -0.2) is 0 Å². The van der Waals surface area contributed by atoms with Crippen LogP contribution >= 0.6 is 0 Å². The third kappa shape index (κ3) is 1.95. The summed E-state index contributed by atoms with van der Waals surface area (Å²) in [4.78, 5) is 10.7. The Hall–Kier alpha value is -1.58. The number of hydrogen-bond donors (Lipinski definition) is 1. The molecule has 1 aromatic heterocycles. The molecule has 1 heterocycles. The number of hydrogen-bond acceptors (Lipinski definition) is 3. The number of carbonyl (C=O) groups is 1. The molecule has 0 saturated carbocycles. The topological polar surface area (TPSA) is 55.1 Å². The second-order valence-electron chi connectivity index (χ2n) is 2.37. The Bertz CT molecular complexity index is 291. The summed E-state index contributed by atoms with van der Waals surface area (Å²) in [6, 6.07) is 0. The first-order valence-corrected chi connectivity index (χ1v) is 3.54. The summed E-state index contributed by atoms with van der Waals surface area (Å²) < 4.78 is 4.68. The molecule has 1 rings (SSSR count). The molecule has 0 radical (unpaired) electrons. The van der Waals surface area contributed by atoms with Gasteiger partial charge in [-0.2, -0.15) is 0 Å². The Morgan fingerprint density at radius 1 is 1.92 bits per heavy atom. The van der Waals surface area contributed by atoms with Crippen molar-refractivity contribution in [1.29, 1.82) is 0 Å². The minimum absolute atomic E-state index is 0.211. The number of carbonyl (C=O) groups excluding carboxylic acids is 1. The Balaban J connectivity index is 2.48. The summed E-state index contributed by atoms with van der Waals surface area (Å²) in [5.74, 6) is -0.211. The molecule has 4 heteroatoms. The molecule has 64 valence electrons. The molecule has 4 nitrogen and oxygen atoms in total. The zero-order valence-corrected chi connectivity index (χ0v) is 6.83. The number of amides is 1. The molecular weight excluding hydrogens is 156 g/mol. The van der Waals surface area contributed by atoms with Crippen LogP contribution in [-0.4, -0.2) is 11.1 Å². The van der Waals surface area contributed by atoms with Crippen LogP contribution in [0.4, 0.5) is 0 Å². The third-order valence-corrected chi connectivity index (χ3v) is 1.46. The van der Waals surface area contributed by atoms with Crippen molar-refractivity contribution in [3.05, 3.63) is 30.2 Å². The van der Waals surface area contributed by atoms with Gasteiger partial charge in [0.25, 0.3) is 0 Å². The first kappa shape index (κ1) is 8.52. The van der Waals surface area contributed by atoms with Crippen LogP contribution in [0.25, 0.3) is 0 Å². The highest BCUT2D eigenvalue weighted by molar-refractivity contribution is 5.86. The fourth-order valence-corrected chi connectivity index (χ4v) is 0.724. The molecule has 0 bridgehead atoms. The van der Waals surface area contributed by atoms with Gasteiger partial charge in [0.2, 0.25) is 5.91 Å². The van der Waals surface area contributed by atoms with E-state index in [1.165, 1.54) is 12.3 Å². The first-order valence-electron chi connectivity index (χ1n) is 3.54. The maximum atomic E-state index is 10.7. The van der Waals surface area contributed by atoms with E-state index in [1.54, 1.807) is 0 Å². The molecule has 0 aliphatic rings. The second kappa shape index (κ2) is 3.71. The summed E-state index contributed by atoms with van der Waals surface area (Å²) in [5.41, 5.74) is 1.67. The number of rotatable bonds is 3. The largest absolute Gasteiger partial charge is 0.364 e. The van der Waals surface area contributed by atoms with Crippen LogP contribution in [0.3, 0.4) is 0 Å². The number of nitrogens with zero attached hydrogens (tertiary/aromatic N) is 1. The normalized spacial score (nSPS) is 9.42. The number of aromatic nitrogens is 1. The summed E-state index contributed by atoms with van der Waals surface area (Å²) in [5, 5.41) is 6.29. The quantitative estimate of drug-likeness (QED) is 0.675. The van der Waals surface area contributed by atoms with E-state index >= 15 is 0 Å². The summed E-state index contributed by atoms with van der Waals surface area (Å²) in [6.45, 7) is 5.58. The van der Waals surface area contributed by atoms with E-state index in [2.05, 4.69) is 21.6 Å². The molecule has 0 aromatic carbocycles. The lowest BCUT2D eigenvalue weighted by Crippen LogP contribution is -2.20. The fraction of sp³-hybridized carbons (Fsp3) is 0.250. The zero-order chi connectivity index (χ0) is 8.97. The van der Waals surface area contributed by atoms with Gasteiger partial charge in [-0.15, -0.1) is 0 Å². The van der Waals surface area contributed by atoms with Gasteiger partial charge in [0.1, 0.15) is 12.0 Å². The van der Waals surface area contributed by atoms with Crippen LogP contribution in [0.2, 0.25) is 0 Å². The highest BCUT2D eigenvalue weighted by atomic mass is 16.5. The van der Waals surface area contributed by atoms with Crippen molar-refractivity contribution in [3.63, 3.8) is 0 Å². The Morgan fingerprint density at radius 2 is 2.67 bits per heavy atom. The second-order valence-corrected chi connectivity index (χ2v) is 2.37. The van der Waals surface area contributed by atoms with Gasteiger partial charge in [0, 0.05) is 5.56 Å². The van der Waals surface area contributed by atoms with Crippen LogP contribution in [0, 0.1) is 6.92 Å². The SMILES string of the molecule is C=CC(=O)NCc1nocc1C. The molecule has 0 unspecified atom stereocenters. The summed E-state index contributed by atoms with van der Waals surface area (Å²) >= 11 is 0. The minimum atomic E-state index is -0.211. The molecule has 0 spiro atoms. The van der Waals surface area contributed by atoms with Crippen molar-refractivity contribution < 1.29 is 9.32 Å². The Labute approximate surface area is 70.2 Å². The Morgan fingerprint density at radius 3 is 3.17 bits per heavy atom. The van der Waals surface area contributed by atoms with E-state index < -0.39 is 0 Å². The molecule has 0 aliphatic heterocycles. The molecule has 0 aliphatic carbocycles. The van der Waals surface area contributed by atoms with E-state index in [1.807, 2.05) is 6.92 Å². The van der Waals surface area contributed by atoms with Crippen molar-refractivity contribution in [1.82, 2.24) is 10.5 Å². The molecule has 1 aromatic rings. The van der Waals surface area contributed by atoms with Crippen molar-refractivity contribution in [2.45, 2.75) is 13.5 Å². The zero-order valence-electron chi connectivity index (χ0n) is 6.83. The minimum Gasteiger partial charge on any atom is -0.364 e. The maximum absolute atomic E-state index is 10.7. The summed E-state index contributed by atoms with van der Waals surface area (Å²) in [6.07, 6.45) is 2.75. The average Bonchev–Trinajstić information content (AvgIpc) is 2.47. The predicted molar refractivity (Wildman–Crippen MR) is 43.3 cm³/mol. The lowest BCUT2D eigenvalue weighted by molar-refractivity contribution is -0.116. The van der Waals surface area contributed by atoms with Gasteiger partial charge in [-0.1, -0.05) is 11.7 Å². The van der Waals surface area contributed by atoms with Gasteiger partial charge >= 0.3 is 0 Å². The highest BCUT2D eigenvalue weighted by Gasteiger charge is 2.02. The molecule has 0 fully saturated rings. The maximum Gasteiger partial charge on any atom is 0.243 e. The van der Waals surface area contributed by atoms with E-state index in [0.29, 0.717) is 6.54 Å². The van der Waals surface area contributed by atoms with Crippen LogP contribution in [0.5, 0.6) is 0 Å². The van der Waals surface area contributed by atoms with Crippen LogP contribution < -0.4 is 5.32 Å². The molecule has 0 atom stereocenters. The monoisotopic (exact) mass is 166 g/mol. The molecule has 1 amide bonds. The van der Waals surface area contributed by atoms with Crippen molar-refractivity contribution >= 4 is 5.91 Å². The van der Waals surface area contributed by atoms with E-state index in [0.717, 1.165) is 11.3 Å². The molecular formula is C8H10N2O2. The highest BCUT2D eigenvalue weighted by Crippen LogP contribution is 2.02. The average molecular weight is 166 g/mol. The van der Waals surface area contributed by atoms with E-state index in [4.69, 9.17) is 0 Å². The van der Waals surface area contributed by atoms with Crippen molar-refractivity contribution in [2.24, 2.45) is 0 Å². The van der Waals surface area contributed by atoms with Crippen LogP contribution in [0.1, 0.15) is 11.3 Å². The van der Waals surface area contributed by atoms with Gasteiger partial charge in [0.05, 0.1) is 6.54 Å². The molecule has 1 N–H and O–H groups in total. The van der Waals surface area contributed by atoms with Crippen LogP contribution in [0.15, 0.2) is 23.4 Å². The Kier molecular flexibility index (Phi) is 2.63. The first-order chi connectivity index (χ1) is 5.74. The lowest BCUT2D eigenvalue weighted by atomic mass is 10.3. The van der Waals surface area contributed by atoms with Crippen LogP contribution in [-0.2, 0) is 11.3 Å². The van der Waals surface area contributed by atoms with Gasteiger partial charge in [-0.3, -0.25) is 4.79 Å².